The van der Waals surface area contributed by atoms with Gasteiger partial charge in [0.15, 0.2) is 0 Å². The Balaban J connectivity index is 1.74. The Bertz CT molecular complexity index is 614. The third-order valence-corrected chi connectivity index (χ3v) is 4.57. The zero-order chi connectivity index (χ0) is 18.1. The predicted molar refractivity (Wildman–Crippen MR) is 94.7 cm³/mol. The maximum atomic E-state index is 12.4. The van der Waals surface area contributed by atoms with E-state index in [1.807, 2.05) is 0 Å². The topological polar surface area (TPSA) is 91.2 Å². The number of rotatable bonds is 7. The molecule has 2 rings (SSSR count). The molecule has 0 heterocycles. The first-order valence-corrected chi connectivity index (χ1v) is 8.71. The highest BCUT2D eigenvalue weighted by atomic mass is 16.5. The van der Waals surface area contributed by atoms with Gasteiger partial charge in [0.25, 0.3) is 0 Å². The number of hydrogen-bond donors (Lipinski definition) is 2. The molecule has 0 aliphatic heterocycles. The van der Waals surface area contributed by atoms with Gasteiger partial charge in [0.05, 0.1) is 11.6 Å². The van der Waals surface area contributed by atoms with Gasteiger partial charge in [-0.05, 0) is 56.4 Å². The average molecular weight is 343 g/mol. The summed E-state index contributed by atoms with van der Waals surface area (Å²) in [7, 11) is 1.64. The van der Waals surface area contributed by atoms with E-state index in [2.05, 4.69) is 16.7 Å². The van der Waals surface area contributed by atoms with Gasteiger partial charge in [0.2, 0.25) is 11.8 Å². The molecular weight excluding hydrogens is 318 g/mol. The van der Waals surface area contributed by atoms with E-state index in [0.717, 1.165) is 32.1 Å². The maximum Gasteiger partial charge on any atom is 0.227 e. The van der Waals surface area contributed by atoms with Gasteiger partial charge in [-0.2, -0.15) is 5.26 Å². The number of anilines is 1. The van der Waals surface area contributed by atoms with Crippen LogP contribution in [-0.2, 0) is 14.3 Å². The number of carbonyl (C=O) groups is 2. The van der Waals surface area contributed by atoms with Crippen LogP contribution in [0.1, 0.15) is 37.7 Å². The summed E-state index contributed by atoms with van der Waals surface area (Å²) in [6, 6.07) is 8.88. The largest absolute Gasteiger partial charge is 0.385 e. The lowest BCUT2D eigenvalue weighted by Gasteiger charge is -2.27. The van der Waals surface area contributed by atoms with Crippen LogP contribution in [0.15, 0.2) is 24.3 Å². The normalized spacial score (nSPS) is 19.7. The number of methoxy groups -OCH3 is 1. The molecule has 0 spiro atoms. The van der Waals surface area contributed by atoms with E-state index in [0.29, 0.717) is 24.4 Å². The lowest BCUT2D eigenvalue weighted by Crippen LogP contribution is -2.36. The average Bonchev–Trinajstić information content (AvgIpc) is 2.66. The summed E-state index contributed by atoms with van der Waals surface area (Å²) in [5, 5.41) is 14.6. The Labute approximate surface area is 148 Å². The zero-order valence-electron chi connectivity index (χ0n) is 14.6. The van der Waals surface area contributed by atoms with E-state index in [-0.39, 0.29) is 23.7 Å². The third-order valence-electron chi connectivity index (χ3n) is 4.57. The summed E-state index contributed by atoms with van der Waals surface area (Å²) in [5.41, 5.74) is 1.26. The fourth-order valence-electron chi connectivity index (χ4n) is 3.06. The minimum atomic E-state index is -0.0619. The molecular formula is C19H25N3O3. The highest BCUT2D eigenvalue weighted by Gasteiger charge is 2.29. The van der Waals surface area contributed by atoms with Crippen molar-refractivity contribution in [3.8, 4) is 6.07 Å². The Kier molecular flexibility index (Phi) is 7.42. The molecule has 25 heavy (non-hydrogen) atoms. The van der Waals surface area contributed by atoms with Crippen LogP contribution < -0.4 is 10.6 Å². The lowest BCUT2D eigenvalue weighted by molar-refractivity contribution is -0.128. The van der Waals surface area contributed by atoms with E-state index in [1.165, 1.54) is 0 Å². The van der Waals surface area contributed by atoms with Crippen molar-refractivity contribution in [3.05, 3.63) is 29.8 Å². The molecule has 2 amide bonds. The zero-order valence-corrected chi connectivity index (χ0v) is 14.6. The molecule has 6 nitrogen and oxygen atoms in total. The third kappa shape index (κ3) is 5.87. The smallest absolute Gasteiger partial charge is 0.227 e. The van der Waals surface area contributed by atoms with Gasteiger partial charge in [-0.1, -0.05) is 0 Å². The van der Waals surface area contributed by atoms with Gasteiger partial charge in [0.1, 0.15) is 0 Å². The summed E-state index contributed by atoms with van der Waals surface area (Å²) < 4.78 is 4.96. The number of nitrogens with one attached hydrogen (secondary N) is 2. The second-order valence-electron chi connectivity index (χ2n) is 6.36. The van der Waals surface area contributed by atoms with Crippen LogP contribution in [0, 0.1) is 23.2 Å². The summed E-state index contributed by atoms with van der Waals surface area (Å²) in [6.07, 6.45) is 3.73. The van der Waals surface area contributed by atoms with E-state index >= 15 is 0 Å². The van der Waals surface area contributed by atoms with Crippen molar-refractivity contribution in [2.45, 2.75) is 32.1 Å². The standard InChI is InChI=1S/C19H25N3O3/c1-25-12-2-11-21-18(23)15-5-7-16(8-6-15)19(24)22-17-9-3-14(13-20)4-10-17/h3-4,9-10,15-16H,2,5-8,11-12H2,1H3,(H,21,23)(H,22,24). The minimum Gasteiger partial charge on any atom is -0.385 e. The summed E-state index contributed by atoms with van der Waals surface area (Å²) >= 11 is 0. The van der Waals surface area contributed by atoms with Gasteiger partial charge in [-0.15, -0.1) is 0 Å². The SMILES string of the molecule is COCCCNC(=O)C1CCC(C(=O)Nc2ccc(C#N)cc2)CC1. The highest BCUT2D eigenvalue weighted by Crippen LogP contribution is 2.29. The van der Waals surface area contributed by atoms with Crippen molar-refractivity contribution in [1.82, 2.24) is 5.32 Å². The molecule has 1 aliphatic carbocycles. The molecule has 134 valence electrons. The van der Waals surface area contributed by atoms with E-state index < -0.39 is 0 Å². The molecule has 0 saturated heterocycles. The van der Waals surface area contributed by atoms with Crippen LogP contribution in [0.4, 0.5) is 5.69 Å². The van der Waals surface area contributed by atoms with Crippen LogP contribution in [-0.4, -0.2) is 32.1 Å². The van der Waals surface area contributed by atoms with Gasteiger partial charge >= 0.3 is 0 Å². The van der Waals surface area contributed by atoms with Gasteiger partial charge in [-0.3, -0.25) is 9.59 Å². The van der Waals surface area contributed by atoms with E-state index in [4.69, 9.17) is 10.00 Å². The Morgan fingerprint density at radius 2 is 1.72 bits per heavy atom. The maximum absolute atomic E-state index is 12.4. The molecule has 1 aliphatic rings. The first-order valence-electron chi connectivity index (χ1n) is 8.71. The molecule has 0 unspecified atom stereocenters. The monoisotopic (exact) mass is 343 g/mol. The summed E-state index contributed by atoms with van der Waals surface area (Å²) in [5.74, 6) is 0.0143. The van der Waals surface area contributed by atoms with Gasteiger partial charge in [0, 0.05) is 37.8 Å². The first kappa shape index (κ1) is 18.9. The van der Waals surface area contributed by atoms with Crippen molar-refractivity contribution < 1.29 is 14.3 Å². The van der Waals surface area contributed by atoms with Crippen LogP contribution in [0.2, 0.25) is 0 Å². The molecule has 0 radical (unpaired) electrons. The Morgan fingerprint density at radius 3 is 2.28 bits per heavy atom. The van der Waals surface area contributed by atoms with Crippen molar-refractivity contribution in [2.24, 2.45) is 11.8 Å². The molecule has 1 aromatic carbocycles. The highest BCUT2D eigenvalue weighted by molar-refractivity contribution is 5.92. The van der Waals surface area contributed by atoms with E-state index in [9.17, 15) is 9.59 Å². The molecule has 0 bridgehead atoms. The van der Waals surface area contributed by atoms with Crippen LogP contribution >= 0.6 is 0 Å². The Morgan fingerprint density at radius 1 is 1.12 bits per heavy atom. The fourth-order valence-corrected chi connectivity index (χ4v) is 3.06. The van der Waals surface area contributed by atoms with Crippen LogP contribution in [0.3, 0.4) is 0 Å². The molecule has 6 heteroatoms. The summed E-state index contributed by atoms with van der Waals surface area (Å²) in [4.78, 5) is 24.5. The van der Waals surface area contributed by atoms with E-state index in [1.54, 1.807) is 31.4 Å². The predicted octanol–water partition coefficient (Wildman–Crippen LogP) is 2.46. The first-order chi connectivity index (χ1) is 12.1. The molecule has 1 aromatic rings. The quantitative estimate of drug-likeness (QED) is 0.744. The van der Waals surface area contributed by atoms with Crippen molar-refractivity contribution >= 4 is 17.5 Å². The number of nitriles is 1. The van der Waals surface area contributed by atoms with Gasteiger partial charge in [-0.25, -0.2) is 0 Å². The number of carbonyl (C=O) groups excluding carboxylic acids is 2. The van der Waals surface area contributed by atoms with Crippen LogP contribution in [0.5, 0.6) is 0 Å². The van der Waals surface area contributed by atoms with Crippen molar-refractivity contribution in [2.75, 3.05) is 25.6 Å². The molecule has 0 atom stereocenters. The minimum absolute atomic E-state index is 0.00140. The van der Waals surface area contributed by atoms with Crippen molar-refractivity contribution in [1.29, 1.82) is 5.26 Å². The number of ether oxygens (including phenoxy) is 1. The molecule has 1 saturated carbocycles. The second kappa shape index (κ2) is 9.80. The second-order valence-corrected chi connectivity index (χ2v) is 6.36. The summed E-state index contributed by atoms with van der Waals surface area (Å²) in [6.45, 7) is 1.27. The number of nitrogens with zero attached hydrogens (tertiary/aromatic N) is 1. The number of benzene rings is 1. The number of amides is 2. The molecule has 0 aromatic heterocycles. The van der Waals surface area contributed by atoms with Crippen molar-refractivity contribution in [3.63, 3.8) is 0 Å². The van der Waals surface area contributed by atoms with Gasteiger partial charge < -0.3 is 15.4 Å². The molecule has 1 fully saturated rings. The lowest BCUT2D eigenvalue weighted by atomic mass is 9.81. The Hall–Kier alpha value is -2.39. The fraction of sp³-hybridized carbons (Fsp3) is 0.526. The molecule has 2 N–H and O–H groups in total. The number of hydrogen-bond acceptors (Lipinski definition) is 4. The van der Waals surface area contributed by atoms with Crippen LogP contribution in [0.25, 0.3) is 0 Å².